The summed E-state index contributed by atoms with van der Waals surface area (Å²) in [5.74, 6) is 0.0932. The Kier molecular flexibility index (Phi) is 5.57. The van der Waals surface area contributed by atoms with E-state index in [4.69, 9.17) is 0 Å². The summed E-state index contributed by atoms with van der Waals surface area (Å²) >= 11 is 0. The third-order valence-electron chi connectivity index (χ3n) is 4.30. The van der Waals surface area contributed by atoms with Gasteiger partial charge in [-0.05, 0) is 47.7 Å². The summed E-state index contributed by atoms with van der Waals surface area (Å²) in [6.45, 7) is 0. The number of pyridine rings is 1. The average molecular weight is 330 g/mol. The molecule has 0 N–H and O–H groups in total. The Hall–Kier alpha value is -2.94. The molecule has 0 saturated heterocycles. The van der Waals surface area contributed by atoms with E-state index in [1.807, 2.05) is 61.8 Å². The Balaban J connectivity index is 1.64. The number of rotatable bonds is 6. The van der Waals surface area contributed by atoms with E-state index < -0.39 is 0 Å². The number of anilines is 1. The lowest BCUT2D eigenvalue weighted by Gasteiger charge is -2.18. The standard InChI is InChI=1S/C22H22N2O/c1-24(22(25)16-18-7-3-2-4-8-18)21-11-5-9-19(15-21)12-13-20-10-6-14-23-17-20/h2-11,14-15,17H,12-13,16H2,1H3. The largest absolute Gasteiger partial charge is 0.315 e. The fourth-order valence-corrected chi connectivity index (χ4v) is 2.79. The van der Waals surface area contributed by atoms with E-state index in [1.165, 1.54) is 11.1 Å². The van der Waals surface area contributed by atoms with Crippen molar-refractivity contribution in [1.29, 1.82) is 0 Å². The van der Waals surface area contributed by atoms with E-state index in [0.29, 0.717) is 6.42 Å². The Labute approximate surface area is 149 Å². The number of carbonyl (C=O) groups excluding carboxylic acids is 1. The van der Waals surface area contributed by atoms with Crippen LogP contribution in [0.2, 0.25) is 0 Å². The van der Waals surface area contributed by atoms with Crippen LogP contribution in [0.3, 0.4) is 0 Å². The number of carbonyl (C=O) groups is 1. The minimum absolute atomic E-state index is 0.0932. The second kappa shape index (κ2) is 8.25. The van der Waals surface area contributed by atoms with Gasteiger partial charge < -0.3 is 4.90 Å². The molecule has 3 heteroatoms. The summed E-state index contributed by atoms with van der Waals surface area (Å²) in [7, 11) is 1.84. The predicted octanol–water partition coefficient (Wildman–Crippen LogP) is 4.07. The zero-order valence-corrected chi connectivity index (χ0v) is 14.4. The molecule has 3 nitrogen and oxygen atoms in total. The third-order valence-corrected chi connectivity index (χ3v) is 4.30. The molecule has 0 fully saturated rings. The lowest BCUT2D eigenvalue weighted by atomic mass is 10.0. The molecule has 0 unspecified atom stereocenters. The van der Waals surface area contributed by atoms with Crippen molar-refractivity contribution in [2.75, 3.05) is 11.9 Å². The molecule has 0 aliphatic carbocycles. The van der Waals surface area contributed by atoms with Gasteiger partial charge in [0.25, 0.3) is 0 Å². The van der Waals surface area contributed by atoms with Gasteiger partial charge in [-0.15, -0.1) is 0 Å². The summed E-state index contributed by atoms with van der Waals surface area (Å²) in [6.07, 6.45) is 5.98. The molecule has 2 aromatic carbocycles. The Morgan fingerprint density at radius 3 is 2.36 bits per heavy atom. The smallest absolute Gasteiger partial charge is 0.231 e. The van der Waals surface area contributed by atoms with Crippen LogP contribution in [-0.4, -0.2) is 17.9 Å². The summed E-state index contributed by atoms with van der Waals surface area (Å²) < 4.78 is 0. The highest BCUT2D eigenvalue weighted by molar-refractivity contribution is 5.94. The van der Waals surface area contributed by atoms with Crippen molar-refractivity contribution >= 4 is 11.6 Å². The molecule has 0 radical (unpaired) electrons. The molecule has 3 aromatic rings. The number of aromatic nitrogens is 1. The first-order chi connectivity index (χ1) is 12.2. The highest BCUT2D eigenvalue weighted by Crippen LogP contribution is 2.17. The molecule has 1 aromatic heterocycles. The molecule has 0 spiro atoms. The summed E-state index contributed by atoms with van der Waals surface area (Å²) in [4.78, 5) is 18.4. The van der Waals surface area contributed by atoms with E-state index in [0.717, 1.165) is 24.1 Å². The normalized spacial score (nSPS) is 10.4. The van der Waals surface area contributed by atoms with Crippen molar-refractivity contribution in [2.45, 2.75) is 19.3 Å². The van der Waals surface area contributed by atoms with Gasteiger partial charge in [-0.25, -0.2) is 0 Å². The van der Waals surface area contributed by atoms with Gasteiger partial charge in [-0.3, -0.25) is 9.78 Å². The number of nitrogens with zero attached hydrogens (tertiary/aromatic N) is 2. The van der Waals surface area contributed by atoms with Gasteiger partial charge in [0, 0.05) is 25.1 Å². The van der Waals surface area contributed by atoms with Gasteiger partial charge in [0.2, 0.25) is 5.91 Å². The first-order valence-electron chi connectivity index (χ1n) is 8.51. The van der Waals surface area contributed by atoms with E-state index in [9.17, 15) is 4.79 Å². The molecule has 0 bridgehead atoms. The lowest BCUT2D eigenvalue weighted by Crippen LogP contribution is -2.27. The quantitative estimate of drug-likeness (QED) is 0.682. The van der Waals surface area contributed by atoms with Crippen LogP contribution in [0.1, 0.15) is 16.7 Å². The highest BCUT2D eigenvalue weighted by atomic mass is 16.2. The molecule has 25 heavy (non-hydrogen) atoms. The maximum Gasteiger partial charge on any atom is 0.231 e. The summed E-state index contributed by atoms with van der Waals surface area (Å²) in [5, 5.41) is 0. The van der Waals surface area contributed by atoms with Crippen molar-refractivity contribution in [3.05, 3.63) is 95.8 Å². The van der Waals surface area contributed by atoms with Gasteiger partial charge in [-0.1, -0.05) is 48.5 Å². The average Bonchev–Trinajstić information content (AvgIpc) is 2.67. The number of hydrogen-bond donors (Lipinski definition) is 0. The zero-order valence-electron chi connectivity index (χ0n) is 14.4. The predicted molar refractivity (Wildman–Crippen MR) is 102 cm³/mol. The Morgan fingerprint density at radius 2 is 1.60 bits per heavy atom. The molecule has 0 aliphatic rings. The van der Waals surface area contributed by atoms with Gasteiger partial charge in [-0.2, -0.15) is 0 Å². The van der Waals surface area contributed by atoms with Gasteiger partial charge in [0.05, 0.1) is 6.42 Å². The first kappa shape index (κ1) is 16.9. The zero-order chi connectivity index (χ0) is 17.5. The molecule has 1 heterocycles. The fraction of sp³-hybridized carbons (Fsp3) is 0.182. The Bertz CT molecular complexity index is 816. The minimum Gasteiger partial charge on any atom is -0.315 e. The summed E-state index contributed by atoms with van der Waals surface area (Å²) in [5.41, 5.74) is 4.42. The maximum absolute atomic E-state index is 12.5. The van der Waals surface area contributed by atoms with Crippen LogP contribution in [0.4, 0.5) is 5.69 Å². The maximum atomic E-state index is 12.5. The van der Waals surface area contributed by atoms with E-state index >= 15 is 0 Å². The fourth-order valence-electron chi connectivity index (χ4n) is 2.79. The SMILES string of the molecule is CN(C(=O)Cc1ccccc1)c1cccc(CCc2cccnc2)c1. The molecule has 0 aliphatic heterocycles. The van der Waals surface area contributed by atoms with Crippen LogP contribution in [0.5, 0.6) is 0 Å². The summed E-state index contributed by atoms with van der Waals surface area (Å²) in [6, 6.07) is 22.1. The number of aryl methyl sites for hydroxylation is 2. The molecule has 3 rings (SSSR count). The number of hydrogen-bond acceptors (Lipinski definition) is 2. The second-order valence-corrected chi connectivity index (χ2v) is 6.15. The molecule has 0 saturated carbocycles. The molecular formula is C22H22N2O. The monoisotopic (exact) mass is 330 g/mol. The highest BCUT2D eigenvalue weighted by Gasteiger charge is 2.12. The number of benzene rings is 2. The van der Waals surface area contributed by atoms with E-state index in [-0.39, 0.29) is 5.91 Å². The van der Waals surface area contributed by atoms with Crippen LogP contribution in [-0.2, 0) is 24.1 Å². The topological polar surface area (TPSA) is 33.2 Å². The second-order valence-electron chi connectivity index (χ2n) is 6.15. The lowest BCUT2D eigenvalue weighted by molar-refractivity contribution is -0.117. The number of likely N-dealkylation sites (N-methyl/N-ethyl adjacent to an activating group) is 1. The van der Waals surface area contributed by atoms with Crippen LogP contribution in [0.25, 0.3) is 0 Å². The van der Waals surface area contributed by atoms with Crippen LogP contribution in [0.15, 0.2) is 79.1 Å². The minimum atomic E-state index is 0.0932. The van der Waals surface area contributed by atoms with Crippen molar-refractivity contribution in [3.8, 4) is 0 Å². The van der Waals surface area contributed by atoms with Crippen LogP contribution < -0.4 is 4.90 Å². The molecular weight excluding hydrogens is 308 g/mol. The van der Waals surface area contributed by atoms with Gasteiger partial charge >= 0.3 is 0 Å². The molecule has 0 atom stereocenters. The third kappa shape index (κ3) is 4.77. The van der Waals surface area contributed by atoms with Gasteiger partial charge in [0.1, 0.15) is 0 Å². The van der Waals surface area contributed by atoms with Crippen molar-refractivity contribution < 1.29 is 4.79 Å². The molecule has 1 amide bonds. The first-order valence-corrected chi connectivity index (χ1v) is 8.51. The van der Waals surface area contributed by atoms with Crippen LogP contribution in [0, 0.1) is 0 Å². The van der Waals surface area contributed by atoms with E-state index in [2.05, 4.69) is 23.2 Å². The van der Waals surface area contributed by atoms with Crippen molar-refractivity contribution in [3.63, 3.8) is 0 Å². The van der Waals surface area contributed by atoms with Gasteiger partial charge in [0.15, 0.2) is 0 Å². The Morgan fingerprint density at radius 1 is 0.880 bits per heavy atom. The molecule has 126 valence electrons. The van der Waals surface area contributed by atoms with Crippen LogP contribution >= 0.6 is 0 Å². The number of amides is 1. The van der Waals surface area contributed by atoms with E-state index in [1.54, 1.807) is 11.1 Å². The van der Waals surface area contributed by atoms with Crippen molar-refractivity contribution in [1.82, 2.24) is 4.98 Å². The van der Waals surface area contributed by atoms with Crippen molar-refractivity contribution in [2.24, 2.45) is 0 Å².